The third-order valence-electron chi connectivity index (χ3n) is 6.60. The van der Waals surface area contributed by atoms with Gasteiger partial charge in [-0.25, -0.2) is 14.4 Å². The average Bonchev–Trinajstić information content (AvgIpc) is 3.31. The van der Waals surface area contributed by atoms with Crippen molar-refractivity contribution in [2.45, 2.75) is 51.5 Å². The molecule has 2 aromatic carbocycles. The van der Waals surface area contributed by atoms with Gasteiger partial charge in [0, 0.05) is 41.7 Å². The van der Waals surface area contributed by atoms with Gasteiger partial charge < -0.3 is 25.2 Å². The second kappa shape index (κ2) is 13.8. The number of aliphatic carboxylic acids is 1. The molecule has 0 saturated carbocycles. The lowest BCUT2D eigenvalue weighted by atomic mass is 9.94. The molecule has 0 aliphatic heterocycles. The predicted molar refractivity (Wildman–Crippen MR) is 157 cm³/mol. The minimum Gasteiger partial charge on any atom is -0.481 e. The van der Waals surface area contributed by atoms with Gasteiger partial charge in [0.2, 0.25) is 0 Å². The summed E-state index contributed by atoms with van der Waals surface area (Å²) >= 11 is 0. The van der Waals surface area contributed by atoms with Crippen LogP contribution in [0.4, 0.5) is 4.39 Å². The van der Waals surface area contributed by atoms with Gasteiger partial charge in [-0.2, -0.15) is 0 Å². The van der Waals surface area contributed by atoms with Crippen molar-refractivity contribution in [3.63, 3.8) is 0 Å². The summed E-state index contributed by atoms with van der Waals surface area (Å²) < 4.78 is 15.8. The van der Waals surface area contributed by atoms with Crippen molar-refractivity contribution in [2.75, 3.05) is 0 Å². The first-order chi connectivity index (χ1) is 20.2. The Kier molecular flexibility index (Phi) is 9.95. The number of carbonyl (C=O) groups excluding carboxylic acids is 1. The maximum Gasteiger partial charge on any atom is 0.305 e. The zero-order valence-corrected chi connectivity index (χ0v) is 23.3. The Hall–Kier alpha value is -4.67. The molecule has 2 atom stereocenters. The van der Waals surface area contributed by atoms with Crippen molar-refractivity contribution < 1.29 is 29.3 Å². The summed E-state index contributed by atoms with van der Waals surface area (Å²) in [7, 11) is 0. The summed E-state index contributed by atoms with van der Waals surface area (Å²) in [6, 6.07) is 16.8. The molecule has 218 valence electrons. The number of carboxylic acid groups (broad SMARTS) is 1. The maximum atomic E-state index is 14.0. The van der Waals surface area contributed by atoms with Crippen molar-refractivity contribution in [2.24, 2.45) is 0 Å². The molecule has 0 saturated heterocycles. The van der Waals surface area contributed by atoms with Crippen LogP contribution in [0.3, 0.4) is 0 Å². The molecular formula is C32H33FN4O5. The van der Waals surface area contributed by atoms with Crippen LogP contribution in [-0.4, -0.2) is 53.9 Å². The Bertz CT molecular complexity index is 1540. The summed E-state index contributed by atoms with van der Waals surface area (Å²) in [5, 5.41) is 32.6. The first-order valence-corrected chi connectivity index (χ1v) is 13.6. The molecule has 0 unspecified atom stereocenters. The molecule has 0 fully saturated rings. The number of amides is 1. The second-order valence-electron chi connectivity index (χ2n) is 10.1. The van der Waals surface area contributed by atoms with E-state index < -0.39 is 30.4 Å². The zero-order valence-electron chi connectivity index (χ0n) is 23.3. The van der Waals surface area contributed by atoms with E-state index in [1.165, 1.54) is 18.2 Å². The Morgan fingerprint density at radius 2 is 1.60 bits per heavy atom. The molecular weight excluding hydrogens is 539 g/mol. The molecule has 0 aliphatic rings. The van der Waals surface area contributed by atoms with E-state index in [0.717, 1.165) is 5.56 Å². The Balaban J connectivity index is 1.91. The number of aliphatic hydroxyl groups excluding tert-OH is 2. The first kappa shape index (κ1) is 30.3. The first-order valence-electron chi connectivity index (χ1n) is 13.6. The summed E-state index contributed by atoms with van der Waals surface area (Å²) in [6.07, 6.45) is 3.21. The lowest BCUT2D eigenvalue weighted by Crippen LogP contribution is -2.27. The van der Waals surface area contributed by atoms with Crippen molar-refractivity contribution in [3.8, 4) is 22.3 Å². The van der Waals surface area contributed by atoms with Crippen LogP contribution in [0.5, 0.6) is 0 Å². The number of aromatic nitrogens is 3. The van der Waals surface area contributed by atoms with E-state index in [1.54, 1.807) is 36.7 Å². The highest BCUT2D eigenvalue weighted by Crippen LogP contribution is 2.42. The monoisotopic (exact) mass is 572 g/mol. The van der Waals surface area contributed by atoms with Crippen LogP contribution in [0.15, 0.2) is 79.1 Å². The van der Waals surface area contributed by atoms with Crippen LogP contribution < -0.4 is 5.32 Å². The van der Waals surface area contributed by atoms with E-state index >= 15 is 0 Å². The molecule has 4 aromatic rings. The predicted octanol–water partition coefficient (Wildman–Crippen LogP) is 4.86. The number of nitrogens with one attached hydrogen (secondary N) is 1. The molecule has 4 rings (SSSR count). The highest BCUT2D eigenvalue weighted by Gasteiger charge is 2.29. The Morgan fingerprint density at radius 3 is 2.21 bits per heavy atom. The molecule has 0 spiro atoms. The number of carbonyl (C=O) groups is 2. The van der Waals surface area contributed by atoms with Gasteiger partial charge in [-0.15, -0.1) is 0 Å². The number of hydrogen-bond donors (Lipinski definition) is 4. The number of benzene rings is 2. The second-order valence-corrected chi connectivity index (χ2v) is 10.1. The van der Waals surface area contributed by atoms with Gasteiger partial charge in [0.1, 0.15) is 17.3 Å². The van der Waals surface area contributed by atoms with Crippen molar-refractivity contribution in [3.05, 3.63) is 102 Å². The van der Waals surface area contributed by atoms with Crippen LogP contribution >= 0.6 is 0 Å². The third kappa shape index (κ3) is 7.34. The summed E-state index contributed by atoms with van der Waals surface area (Å²) in [6.45, 7) is 3.93. The molecule has 2 aromatic heterocycles. The molecule has 0 bridgehead atoms. The molecule has 0 radical (unpaired) electrons. The molecule has 42 heavy (non-hydrogen) atoms. The number of carboxylic acids is 1. The summed E-state index contributed by atoms with van der Waals surface area (Å²) in [5.74, 6) is -1.52. The smallest absolute Gasteiger partial charge is 0.305 e. The Labute approximate surface area is 243 Å². The molecule has 0 aliphatic carbocycles. The van der Waals surface area contributed by atoms with Crippen molar-refractivity contribution in [1.29, 1.82) is 0 Å². The number of nitrogens with zero attached hydrogens (tertiary/aromatic N) is 3. The normalized spacial score (nSPS) is 12.9. The van der Waals surface area contributed by atoms with E-state index in [2.05, 4.69) is 15.3 Å². The quantitative estimate of drug-likeness (QED) is 0.190. The maximum absolute atomic E-state index is 14.0. The molecule has 2 heterocycles. The SMILES string of the molecule is CC(C)n1c(/C=C/[C@@H](O)C[C@@H](O)CC(=O)O)c(-c2ccc(F)cc2)c(-c2ccccc2)c1C(=O)NCc1ncccn1. The van der Waals surface area contributed by atoms with E-state index in [0.29, 0.717) is 33.9 Å². The zero-order chi connectivity index (χ0) is 30.2. The highest BCUT2D eigenvalue weighted by atomic mass is 19.1. The van der Waals surface area contributed by atoms with Gasteiger partial charge in [-0.3, -0.25) is 9.59 Å². The molecule has 10 heteroatoms. The third-order valence-corrected chi connectivity index (χ3v) is 6.60. The number of rotatable bonds is 12. The molecule has 1 amide bonds. The van der Waals surface area contributed by atoms with Crippen molar-refractivity contribution >= 4 is 18.0 Å². The van der Waals surface area contributed by atoms with Crippen LogP contribution in [-0.2, 0) is 11.3 Å². The molecule has 9 nitrogen and oxygen atoms in total. The van der Waals surface area contributed by atoms with Crippen LogP contribution in [0.2, 0.25) is 0 Å². The largest absolute Gasteiger partial charge is 0.481 e. The van der Waals surface area contributed by atoms with Gasteiger partial charge in [0.25, 0.3) is 5.91 Å². The fourth-order valence-electron chi connectivity index (χ4n) is 4.83. The van der Waals surface area contributed by atoms with Gasteiger partial charge >= 0.3 is 5.97 Å². The van der Waals surface area contributed by atoms with Gasteiger partial charge in [0.05, 0.1) is 25.2 Å². The van der Waals surface area contributed by atoms with E-state index in [-0.39, 0.29) is 24.9 Å². The van der Waals surface area contributed by atoms with E-state index in [4.69, 9.17) is 5.11 Å². The van der Waals surface area contributed by atoms with E-state index in [1.807, 2.05) is 48.7 Å². The summed E-state index contributed by atoms with van der Waals surface area (Å²) in [4.78, 5) is 33.3. The minimum absolute atomic E-state index is 0.0917. The fourth-order valence-corrected chi connectivity index (χ4v) is 4.83. The Morgan fingerprint density at radius 1 is 0.952 bits per heavy atom. The molecule has 4 N–H and O–H groups in total. The number of hydrogen-bond acceptors (Lipinski definition) is 6. The lowest BCUT2D eigenvalue weighted by molar-refractivity contribution is -0.139. The lowest BCUT2D eigenvalue weighted by Gasteiger charge is -2.17. The van der Waals surface area contributed by atoms with Crippen molar-refractivity contribution in [1.82, 2.24) is 19.9 Å². The van der Waals surface area contributed by atoms with Gasteiger partial charge in [0.15, 0.2) is 0 Å². The standard InChI is InChI=1S/C32H33FN4O5/c1-20(2)37-26(14-13-24(38)17-25(39)18-28(40)41)29(22-9-11-23(33)12-10-22)30(21-7-4-3-5-8-21)31(37)32(42)36-19-27-34-15-6-16-35-27/h3-16,20,24-25,38-39H,17-19H2,1-2H3,(H,36,42)(H,40,41)/b14-13+/t24-,25-/m1/s1. The van der Waals surface area contributed by atoms with Gasteiger partial charge in [-0.05, 0) is 49.2 Å². The topological polar surface area (TPSA) is 138 Å². The fraction of sp³-hybridized carbons (Fsp3) is 0.250. The summed E-state index contributed by atoms with van der Waals surface area (Å²) in [5.41, 5.74) is 3.59. The van der Waals surface area contributed by atoms with E-state index in [9.17, 15) is 24.2 Å². The number of aliphatic hydroxyl groups is 2. The van der Waals surface area contributed by atoms with Crippen LogP contribution in [0.1, 0.15) is 54.7 Å². The van der Waals surface area contributed by atoms with Gasteiger partial charge in [-0.1, -0.05) is 48.5 Å². The highest BCUT2D eigenvalue weighted by molar-refractivity contribution is 6.06. The van der Waals surface area contributed by atoms with Crippen LogP contribution in [0.25, 0.3) is 28.3 Å². The van der Waals surface area contributed by atoms with Crippen LogP contribution in [0, 0.1) is 5.82 Å². The average molecular weight is 573 g/mol. The minimum atomic E-state index is -1.24. The number of halogens is 1.